The van der Waals surface area contributed by atoms with Crippen LogP contribution in [0.15, 0.2) is 0 Å². The van der Waals surface area contributed by atoms with Gasteiger partial charge < -0.3 is 44.7 Å². The molecule has 0 heterocycles. The highest BCUT2D eigenvalue weighted by Gasteiger charge is 2.81. The van der Waals surface area contributed by atoms with Gasteiger partial charge in [-0.3, -0.25) is 13.7 Å². The lowest BCUT2D eigenvalue weighted by molar-refractivity contribution is -0.161. The van der Waals surface area contributed by atoms with Gasteiger partial charge in [0.1, 0.15) is 0 Å². The van der Waals surface area contributed by atoms with Gasteiger partial charge in [0.25, 0.3) is 0 Å². The molecule has 0 aliphatic rings. The molecule has 1 unspecified atom stereocenters. The highest BCUT2D eigenvalue weighted by Crippen LogP contribution is 2.77. The minimum Gasteiger partial charge on any atom is -0.478 e. The fourth-order valence-electron chi connectivity index (χ4n) is 1.04. The molecule has 0 amide bonds. The number of aliphatic hydroxyl groups is 2. The predicted molar refractivity (Wildman–Crippen MR) is 53.7 cm³/mol. The molecule has 0 fully saturated rings. The Balaban J connectivity index is 6.83. The summed E-state index contributed by atoms with van der Waals surface area (Å²) >= 11 is 0. The van der Waals surface area contributed by atoms with Crippen LogP contribution in [0, 0.1) is 0 Å². The standard InChI is InChI=1S/C3H9O13P3/c4-1(5)2(6,17(8,9)10)3(7,18(11,12)13)19(14,15)16/h6-7H,(H,4,5)(H2,8,9,10)(H2,11,12,13)(H2,14,15,16). The Labute approximate surface area is 103 Å². The summed E-state index contributed by atoms with van der Waals surface area (Å²) in [6.45, 7) is 0. The first-order valence-corrected chi connectivity index (χ1v) is 8.63. The topological polar surface area (TPSA) is 250 Å². The molecule has 16 heteroatoms. The molecule has 19 heavy (non-hydrogen) atoms. The van der Waals surface area contributed by atoms with Crippen molar-refractivity contribution >= 4 is 28.8 Å². The van der Waals surface area contributed by atoms with E-state index in [1.54, 1.807) is 0 Å². The van der Waals surface area contributed by atoms with Gasteiger partial charge in [0.2, 0.25) is 0 Å². The quantitative estimate of drug-likeness (QED) is 0.224. The van der Waals surface area contributed by atoms with Gasteiger partial charge in [-0.05, 0) is 0 Å². The summed E-state index contributed by atoms with van der Waals surface area (Å²) in [6.07, 6.45) is 0. The van der Waals surface area contributed by atoms with Gasteiger partial charge in [-0.15, -0.1) is 0 Å². The Bertz CT molecular complexity index is 495. The van der Waals surface area contributed by atoms with Crippen LogP contribution in [-0.2, 0) is 18.5 Å². The van der Waals surface area contributed by atoms with Gasteiger partial charge >= 0.3 is 39.2 Å². The van der Waals surface area contributed by atoms with Crippen LogP contribution in [0.1, 0.15) is 0 Å². The van der Waals surface area contributed by atoms with E-state index in [1.807, 2.05) is 0 Å². The summed E-state index contributed by atoms with van der Waals surface area (Å²) in [7, 11) is -19.8. The third kappa shape index (κ3) is 2.56. The Morgan fingerprint density at radius 1 is 0.737 bits per heavy atom. The van der Waals surface area contributed by atoms with Crippen molar-refractivity contribution in [2.75, 3.05) is 0 Å². The molecule has 0 aromatic carbocycles. The third-order valence-electron chi connectivity index (χ3n) is 2.00. The lowest BCUT2D eigenvalue weighted by Crippen LogP contribution is -2.58. The van der Waals surface area contributed by atoms with Gasteiger partial charge in [0.05, 0.1) is 0 Å². The third-order valence-corrected chi connectivity index (χ3v) is 7.55. The number of rotatable bonds is 5. The van der Waals surface area contributed by atoms with Crippen LogP contribution in [0.4, 0.5) is 0 Å². The zero-order valence-corrected chi connectivity index (χ0v) is 11.2. The summed E-state index contributed by atoms with van der Waals surface area (Å²) < 4.78 is 32.6. The normalized spacial score (nSPS) is 17.9. The van der Waals surface area contributed by atoms with E-state index in [0.29, 0.717) is 0 Å². The molecule has 0 saturated carbocycles. The van der Waals surface area contributed by atoms with E-state index in [9.17, 15) is 28.7 Å². The van der Waals surface area contributed by atoms with Gasteiger partial charge in [0.15, 0.2) is 0 Å². The summed E-state index contributed by atoms with van der Waals surface area (Å²) in [6, 6.07) is 0. The monoisotopic (exact) mass is 346 g/mol. The van der Waals surface area contributed by atoms with Crippen molar-refractivity contribution in [3.8, 4) is 0 Å². The minimum absolute atomic E-state index is 3.14. The maximum atomic E-state index is 10.9. The second kappa shape index (κ2) is 4.69. The van der Waals surface area contributed by atoms with E-state index in [4.69, 9.17) is 34.5 Å². The first kappa shape index (κ1) is 18.8. The molecule has 0 aliphatic carbocycles. The summed E-state index contributed by atoms with van der Waals surface area (Å²) in [5, 5.41) is 16.6. The smallest absolute Gasteiger partial charge is 0.374 e. The average Bonchev–Trinajstić information content (AvgIpc) is 2.09. The molecule has 0 radical (unpaired) electrons. The number of carbonyl (C=O) groups is 1. The Morgan fingerprint density at radius 2 is 1.00 bits per heavy atom. The number of carboxylic acids is 1. The molecule has 13 nitrogen and oxygen atoms in total. The van der Waals surface area contributed by atoms with Crippen molar-refractivity contribution in [1.82, 2.24) is 0 Å². The number of hydrogen-bond donors (Lipinski definition) is 9. The SMILES string of the molecule is O=C(O)C(O)(C(O)(P(=O)(O)O)P(=O)(O)O)P(=O)(O)O. The van der Waals surface area contributed by atoms with Crippen LogP contribution in [0.25, 0.3) is 0 Å². The molecule has 0 saturated heterocycles. The van der Waals surface area contributed by atoms with Crippen LogP contribution >= 0.6 is 22.8 Å². The molecule has 9 N–H and O–H groups in total. The molecule has 1 atom stereocenters. The van der Waals surface area contributed by atoms with Crippen molar-refractivity contribution in [3.05, 3.63) is 0 Å². The highest BCUT2D eigenvalue weighted by molar-refractivity contribution is 7.74. The Morgan fingerprint density at radius 3 is 1.05 bits per heavy atom. The second-order valence-electron chi connectivity index (χ2n) is 3.24. The number of aliphatic carboxylic acids is 1. The van der Waals surface area contributed by atoms with Crippen molar-refractivity contribution in [2.45, 2.75) is 10.4 Å². The predicted octanol–water partition coefficient (Wildman–Crippen LogP) is -3.06. The molecular formula is C3H9O13P3. The van der Waals surface area contributed by atoms with E-state index >= 15 is 0 Å². The fraction of sp³-hybridized carbons (Fsp3) is 0.667. The highest BCUT2D eigenvalue weighted by atomic mass is 31.2. The summed E-state index contributed by atoms with van der Waals surface area (Å²) in [4.78, 5) is 62.3. The van der Waals surface area contributed by atoms with E-state index in [-0.39, 0.29) is 0 Å². The van der Waals surface area contributed by atoms with E-state index in [0.717, 1.165) is 0 Å². The summed E-state index contributed by atoms with van der Waals surface area (Å²) in [5.41, 5.74) is 0. The lowest BCUT2D eigenvalue weighted by atomic mass is 10.3. The van der Waals surface area contributed by atoms with Gasteiger partial charge in [-0.2, -0.15) is 0 Å². The van der Waals surface area contributed by atoms with Crippen molar-refractivity contribution in [1.29, 1.82) is 0 Å². The van der Waals surface area contributed by atoms with E-state index < -0.39 is 39.2 Å². The first-order chi connectivity index (χ1) is 7.94. The second-order valence-corrected chi connectivity index (χ2v) is 8.80. The number of carboxylic acid groups (broad SMARTS) is 1. The molecule has 0 spiro atoms. The molecule has 0 rings (SSSR count). The Hall–Kier alpha value is -0.160. The zero-order valence-electron chi connectivity index (χ0n) is 8.50. The van der Waals surface area contributed by atoms with Crippen molar-refractivity contribution < 1.29 is 63.2 Å². The fourth-order valence-corrected chi connectivity index (χ4v) is 5.60. The van der Waals surface area contributed by atoms with Crippen molar-refractivity contribution in [3.63, 3.8) is 0 Å². The van der Waals surface area contributed by atoms with Crippen molar-refractivity contribution in [2.24, 2.45) is 0 Å². The number of hydrogen-bond acceptors (Lipinski definition) is 6. The largest absolute Gasteiger partial charge is 0.478 e. The van der Waals surface area contributed by atoms with Crippen LogP contribution in [-0.4, -0.2) is 61.1 Å². The van der Waals surface area contributed by atoms with E-state index in [2.05, 4.69) is 0 Å². The van der Waals surface area contributed by atoms with Crippen LogP contribution in [0.5, 0.6) is 0 Å². The van der Waals surface area contributed by atoms with Gasteiger partial charge in [-0.1, -0.05) is 0 Å². The Kier molecular flexibility index (Phi) is 4.65. The molecule has 0 aromatic rings. The van der Waals surface area contributed by atoms with Crippen LogP contribution in [0.3, 0.4) is 0 Å². The first-order valence-electron chi connectivity index (χ1n) is 3.79. The average molecular weight is 346 g/mol. The maximum absolute atomic E-state index is 10.9. The minimum atomic E-state index is -6.61. The molecule has 0 bridgehead atoms. The molecule has 0 aliphatic heterocycles. The van der Waals surface area contributed by atoms with Crippen LogP contribution in [0.2, 0.25) is 0 Å². The van der Waals surface area contributed by atoms with Gasteiger partial charge in [-0.25, -0.2) is 4.79 Å². The lowest BCUT2D eigenvalue weighted by Gasteiger charge is -2.39. The van der Waals surface area contributed by atoms with Gasteiger partial charge in [0, 0.05) is 0 Å². The maximum Gasteiger partial charge on any atom is 0.374 e. The summed E-state index contributed by atoms with van der Waals surface area (Å²) in [5.74, 6) is -3.14. The molecule has 0 aromatic heterocycles. The molecular weight excluding hydrogens is 337 g/mol. The van der Waals surface area contributed by atoms with E-state index in [1.165, 1.54) is 0 Å². The zero-order chi connectivity index (χ0) is 16.1. The molecule has 114 valence electrons. The van der Waals surface area contributed by atoms with Crippen LogP contribution < -0.4 is 0 Å².